The average molecular weight is 442 g/mol. The molecule has 2 amide bonds. The molecule has 1 spiro atoms. The Morgan fingerprint density at radius 2 is 1.72 bits per heavy atom. The zero-order chi connectivity index (χ0) is 22.3. The van der Waals surface area contributed by atoms with Gasteiger partial charge in [-0.25, -0.2) is 9.59 Å². The smallest absolute Gasteiger partial charge is 0.410 e. The molecule has 2 unspecified atom stereocenters. The molecule has 3 fully saturated rings. The number of carbonyl (C=O) groups is 2. The van der Waals surface area contributed by atoms with Gasteiger partial charge in [0.1, 0.15) is 0 Å². The molecule has 0 aliphatic carbocycles. The van der Waals surface area contributed by atoms with Crippen molar-refractivity contribution in [1.29, 1.82) is 0 Å². The molecule has 0 N–H and O–H groups in total. The fourth-order valence-electron chi connectivity index (χ4n) is 6.83. The summed E-state index contributed by atoms with van der Waals surface area (Å²) in [7, 11) is 1.47. The molecular formula is C25H35N3O4. The number of methoxy groups -OCH3 is 1. The van der Waals surface area contributed by atoms with Crippen LogP contribution in [-0.2, 0) is 21.4 Å². The Hall–Kier alpha value is -2.28. The minimum atomic E-state index is -0.232. The number of likely N-dealkylation sites (tertiary alicyclic amines) is 1. The first-order valence-electron chi connectivity index (χ1n) is 12.1. The first-order valence-corrected chi connectivity index (χ1v) is 12.1. The second kappa shape index (κ2) is 8.58. The van der Waals surface area contributed by atoms with Crippen LogP contribution in [0.15, 0.2) is 24.3 Å². The third kappa shape index (κ3) is 3.64. The monoisotopic (exact) mass is 441 g/mol. The van der Waals surface area contributed by atoms with Crippen molar-refractivity contribution in [2.24, 2.45) is 0 Å². The van der Waals surface area contributed by atoms with Gasteiger partial charge in [-0.05, 0) is 69.7 Å². The predicted molar refractivity (Wildman–Crippen MR) is 120 cm³/mol. The summed E-state index contributed by atoms with van der Waals surface area (Å²) in [5.74, 6) is 0. The molecule has 4 aliphatic heterocycles. The first kappa shape index (κ1) is 21.6. The number of nitrogens with zero attached hydrogens (tertiary/aromatic N) is 3. The molecule has 5 rings (SSSR count). The molecule has 32 heavy (non-hydrogen) atoms. The summed E-state index contributed by atoms with van der Waals surface area (Å²) < 4.78 is 10.4. The highest BCUT2D eigenvalue weighted by molar-refractivity contribution is 5.69. The minimum absolute atomic E-state index is 0.00412. The summed E-state index contributed by atoms with van der Waals surface area (Å²) in [6.07, 6.45) is 6.02. The number of fused-ring (bicyclic) bond motifs is 4. The standard InChI is InChI=1S/C25H35N3O4/c1-3-32-24(30)28-19-8-9-20(28)15-21(14-19)26-12-10-25(11-13-26)17-27(23(29)31-2)16-18-6-4-5-7-22(18)25/h4-7,19-21H,3,8-17H2,1-2H3. The highest BCUT2D eigenvalue weighted by atomic mass is 16.6. The van der Waals surface area contributed by atoms with E-state index < -0.39 is 0 Å². The zero-order valence-electron chi connectivity index (χ0n) is 19.3. The normalized spacial score (nSPS) is 29.0. The van der Waals surface area contributed by atoms with Gasteiger partial charge in [0.25, 0.3) is 0 Å². The van der Waals surface area contributed by atoms with Gasteiger partial charge >= 0.3 is 12.2 Å². The Morgan fingerprint density at radius 3 is 2.38 bits per heavy atom. The summed E-state index contributed by atoms with van der Waals surface area (Å²) in [5.41, 5.74) is 2.67. The quantitative estimate of drug-likeness (QED) is 0.699. The van der Waals surface area contributed by atoms with Gasteiger partial charge in [0.2, 0.25) is 0 Å². The number of hydrogen-bond acceptors (Lipinski definition) is 5. The molecule has 7 nitrogen and oxygen atoms in total. The third-order valence-electron chi connectivity index (χ3n) is 8.33. The Bertz CT molecular complexity index is 852. The van der Waals surface area contributed by atoms with Gasteiger partial charge in [-0.15, -0.1) is 0 Å². The summed E-state index contributed by atoms with van der Waals surface area (Å²) >= 11 is 0. The molecule has 0 radical (unpaired) electrons. The van der Waals surface area contributed by atoms with E-state index in [-0.39, 0.29) is 17.6 Å². The average Bonchev–Trinajstić information content (AvgIpc) is 3.09. The third-order valence-corrected chi connectivity index (χ3v) is 8.33. The summed E-state index contributed by atoms with van der Waals surface area (Å²) in [4.78, 5) is 31.3. The lowest BCUT2D eigenvalue weighted by molar-refractivity contribution is 0.0194. The molecule has 0 aromatic heterocycles. The Labute approximate surface area is 190 Å². The molecule has 2 bridgehead atoms. The highest BCUT2D eigenvalue weighted by Crippen LogP contribution is 2.44. The van der Waals surface area contributed by atoms with E-state index in [1.165, 1.54) is 18.2 Å². The van der Waals surface area contributed by atoms with Crippen molar-refractivity contribution >= 4 is 12.2 Å². The van der Waals surface area contributed by atoms with Crippen molar-refractivity contribution < 1.29 is 19.1 Å². The molecule has 2 atom stereocenters. The lowest BCUT2D eigenvalue weighted by Crippen LogP contribution is -2.57. The van der Waals surface area contributed by atoms with Crippen LogP contribution in [0.2, 0.25) is 0 Å². The van der Waals surface area contributed by atoms with Crippen LogP contribution >= 0.6 is 0 Å². The first-order chi connectivity index (χ1) is 15.5. The van der Waals surface area contributed by atoms with Crippen LogP contribution in [0, 0.1) is 0 Å². The number of piperidine rings is 2. The molecule has 0 saturated carbocycles. The molecule has 4 aliphatic rings. The van der Waals surface area contributed by atoms with Crippen molar-refractivity contribution in [1.82, 2.24) is 14.7 Å². The van der Waals surface area contributed by atoms with Crippen LogP contribution < -0.4 is 0 Å². The van der Waals surface area contributed by atoms with Gasteiger partial charge in [-0.1, -0.05) is 24.3 Å². The van der Waals surface area contributed by atoms with E-state index in [9.17, 15) is 9.59 Å². The van der Waals surface area contributed by atoms with Gasteiger partial charge in [-0.3, -0.25) is 0 Å². The van der Waals surface area contributed by atoms with E-state index in [1.54, 1.807) is 0 Å². The van der Waals surface area contributed by atoms with E-state index in [2.05, 4.69) is 29.2 Å². The number of rotatable bonds is 2. The maximum atomic E-state index is 12.4. The van der Waals surface area contributed by atoms with Crippen LogP contribution in [0.5, 0.6) is 0 Å². The van der Waals surface area contributed by atoms with Crippen molar-refractivity contribution in [3.8, 4) is 0 Å². The Balaban J connectivity index is 1.28. The zero-order valence-corrected chi connectivity index (χ0v) is 19.3. The van der Waals surface area contributed by atoms with E-state index in [0.29, 0.717) is 31.3 Å². The molecule has 4 heterocycles. The van der Waals surface area contributed by atoms with E-state index >= 15 is 0 Å². The minimum Gasteiger partial charge on any atom is -0.453 e. The summed E-state index contributed by atoms with van der Waals surface area (Å²) in [6.45, 7) is 5.75. The molecule has 174 valence electrons. The van der Waals surface area contributed by atoms with E-state index in [4.69, 9.17) is 9.47 Å². The lowest BCUT2D eigenvalue weighted by Gasteiger charge is -2.51. The number of benzene rings is 1. The van der Waals surface area contributed by atoms with E-state index in [1.807, 2.05) is 16.7 Å². The highest BCUT2D eigenvalue weighted by Gasteiger charge is 2.48. The number of ether oxygens (including phenoxy) is 2. The number of amides is 2. The predicted octanol–water partition coefficient (Wildman–Crippen LogP) is 3.75. The van der Waals surface area contributed by atoms with Gasteiger partial charge in [0.05, 0.1) is 13.7 Å². The molecule has 1 aromatic rings. The maximum Gasteiger partial charge on any atom is 0.410 e. The maximum absolute atomic E-state index is 12.4. The van der Waals surface area contributed by atoms with Gasteiger partial charge in [0, 0.05) is 36.6 Å². The van der Waals surface area contributed by atoms with Crippen LogP contribution in [-0.4, -0.2) is 78.4 Å². The van der Waals surface area contributed by atoms with Gasteiger partial charge in [-0.2, -0.15) is 0 Å². The number of carbonyl (C=O) groups excluding carboxylic acids is 2. The molecule has 1 aromatic carbocycles. The van der Waals surface area contributed by atoms with Crippen LogP contribution in [0.3, 0.4) is 0 Å². The van der Waals surface area contributed by atoms with Gasteiger partial charge < -0.3 is 24.2 Å². The van der Waals surface area contributed by atoms with Crippen molar-refractivity contribution in [3.63, 3.8) is 0 Å². The SMILES string of the molecule is CCOC(=O)N1C2CCC1CC(N1CCC3(CC1)CN(C(=O)OC)Cc1ccccc13)C2. The fourth-order valence-corrected chi connectivity index (χ4v) is 6.83. The fraction of sp³-hybridized carbons (Fsp3) is 0.680. The second-order valence-corrected chi connectivity index (χ2v) is 9.92. The number of hydrogen-bond donors (Lipinski definition) is 0. The Kier molecular flexibility index (Phi) is 5.78. The van der Waals surface area contributed by atoms with Crippen LogP contribution in [0.1, 0.15) is 56.6 Å². The largest absolute Gasteiger partial charge is 0.453 e. The molecule has 3 saturated heterocycles. The van der Waals surface area contributed by atoms with E-state index in [0.717, 1.165) is 58.2 Å². The van der Waals surface area contributed by atoms with Crippen molar-refractivity contribution in [2.75, 3.05) is 33.4 Å². The lowest BCUT2D eigenvalue weighted by atomic mass is 9.68. The Morgan fingerprint density at radius 1 is 1.03 bits per heavy atom. The molecule has 7 heteroatoms. The van der Waals surface area contributed by atoms with Crippen LogP contribution in [0.4, 0.5) is 9.59 Å². The summed E-state index contributed by atoms with van der Waals surface area (Å²) in [6, 6.07) is 9.78. The van der Waals surface area contributed by atoms with Crippen molar-refractivity contribution in [3.05, 3.63) is 35.4 Å². The van der Waals surface area contributed by atoms with Gasteiger partial charge in [0.15, 0.2) is 0 Å². The summed E-state index contributed by atoms with van der Waals surface area (Å²) in [5, 5.41) is 0. The van der Waals surface area contributed by atoms with Crippen molar-refractivity contribution in [2.45, 2.75) is 75.5 Å². The second-order valence-electron chi connectivity index (χ2n) is 9.92. The van der Waals surface area contributed by atoms with Crippen LogP contribution in [0.25, 0.3) is 0 Å². The topological polar surface area (TPSA) is 62.3 Å². The molecular weight excluding hydrogens is 406 g/mol.